The van der Waals surface area contributed by atoms with Gasteiger partial charge in [-0.1, -0.05) is 11.6 Å². The van der Waals surface area contributed by atoms with Crippen LogP contribution in [0.15, 0.2) is 64.8 Å². The second kappa shape index (κ2) is 8.91. The van der Waals surface area contributed by atoms with Crippen molar-refractivity contribution in [3.05, 3.63) is 76.7 Å². The quantitative estimate of drug-likeness (QED) is 0.320. The van der Waals surface area contributed by atoms with E-state index in [1.807, 2.05) is 0 Å². The van der Waals surface area contributed by atoms with E-state index in [9.17, 15) is 14.7 Å². The summed E-state index contributed by atoms with van der Waals surface area (Å²) in [6.45, 7) is 0. The Morgan fingerprint density at radius 1 is 1.00 bits per heavy atom. The number of methoxy groups -OCH3 is 3. The van der Waals surface area contributed by atoms with Gasteiger partial charge in [0.1, 0.15) is 34.8 Å². The lowest BCUT2D eigenvalue weighted by atomic mass is 9.98. The van der Waals surface area contributed by atoms with Crippen molar-refractivity contribution >= 4 is 34.7 Å². The van der Waals surface area contributed by atoms with Crippen LogP contribution in [-0.2, 0) is 9.59 Å². The lowest BCUT2D eigenvalue weighted by molar-refractivity contribution is -0.132. The van der Waals surface area contributed by atoms with Crippen LogP contribution >= 0.6 is 11.6 Å². The predicted octanol–water partition coefficient (Wildman–Crippen LogP) is 4.59. The van der Waals surface area contributed by atoms with E-state index in [2.05, 4.69) is 0 Å². The smallest absolute Gasteiger partial charge is 0.300 e. The van der Waals surface area contributed by atoms with Crippen molar-refractivity contribution in [2.45, 2.75) is 6.04 Å². The molecule has 1 atom stereocenters. The van der Waals surface area contributed by atoms with Crippen LogP contribution in [0.2, 0.25) is 5.02 Å². The molecule has 9 heteroatoms. The fourth-order valence-corrected chi connectivity index (χ4v) is 4.02. The van der Waals surface area contributed by atoms with E-state index in [0.29, 0.717) is 22.9 Å². The van der Waals surface area contributed by atoms with Crippen molar-refractivity contribution < 1.29 is 33.3 Å². The Hall–Kier alpha value is -3.91. The first-order valence-corrected chi connectivity index (χ1v) is 10.2. The Bertz CT molecular complexity index is 1250. The van der Waals surface area contributed by atoms with Crippen LogP contribution in [0.3, 0.4) is 0 Å². The monoisotopic (exact) mass is 469 g/mol. The Morgan fingerprint density at radius 3 is 2.33 bits per heavy atom. The van der Waals surface area contributed by atoms with E-state index in [-0.39, 0.29) is 21.9 Å². The van der Waals surface area contributed by atoms with E-state index in [0.717, 1.165) is 0 Å². The van der Waals surface area contributed by atoms with Crippen molar-refractivity contribution in [2.75, 3.05) is 26.2 Å². The molecular weight excluding hydrogens is 450 g/mol. The molecule has 1 aliphatic heterocycles. The molecule has 1 fully saturated rings. The summed E-state index contributed by atoms with van der Waals surface area (Å²) in [6.07, 6.45) is 1.42. The molecule has 4 rings (SSSR count). The van der Waals surface area contributed by atoms with E-state index >= 15 is 0 Å². The maximum Gasteiger partial charge on any atom is 0.300 e. The number of Topliss-reactive ketones (excluding diaryl/α,β-unsaturated/α-hetero) is 1. The number of halogens is 1. The number of aliphatic hydroxyl groups is 1. The Morgan fingerprint density at radius 2 is 1.73 bits per heavy atom. The molecule has 8 nitrogen and oxygen atoms in total. The molecule has 2 heterocycles. The van der Waals surface area contributed by atoms with Crippen LogP contribution in [-0.4, -0.2) is 38.1 Å². The second-order valence-electron chi connectivity index (χ2n) is 7.07. The van der Waals surface area contributed by atoms with Gasteiger partial charge < -0.3 is 23.7 Å². The summed E-state index contributed by atoms with van der Waals surface area (Å²) in [6, 6.07) is 11.7. The van der Waals surface area contributed by atoms with Gasteiger partial charge in [0.2, 0.25) is 0 Å². The van der Waals surface area contributed by atoms with Crippen LogP contribution in [0.1, 0.15) is 17.4 Å². The van der Waals surface area contributed by atoms with Crippen molar-refractivity contribution in [3.63, 3.8) is 0 Å². The van der Waals surface area contributed by atoms with Crippen molar-refractivity contribution in [3.8, 4) is 17.2 Å². The highest BCUT2D eigenvalue weighted by Crippen LogP contribution is 2.45. The maximum atomic E-state index is 13.2. The van der Waals surface area contributed by atoms with E-state index in [1.165, 1.54) is 44.6 Å². The number of amides is 1. The van der Waals surface area contributed by atoms with Crippen LogP contribution in [0.25, 0.3) is 5.76 Å². The number of rotatable bonds is 6. The number of hydrogen-bond acceptors (Lipinski definition) is 7. The minimum atomic E-state index is -1.04. The average molecular weight is 470 g/mol. The van der Waals surface area contributed by atoms with Crippen LogP contribution in [0.4, 0.5) is 5.69 Å². The number of nitrogens with zero attached hydrogens (tertiary/aromatic N) is 1. The third kappa shape index (κ3) is 3.78. The fourth-order valence-electron chi connectivity index (χ4n) is 3.76. The number of carbonyl (C=O) groups excluding carboxylic acids is 2. The molecule has 33 heavy (non-hydrogen) atoms. The molecule has 0 spiro atoms. The minimum Gasteiger partial charge on any atom is -0.507 e. The number of hydrogen-bond donors (Lipinski definition) is 1. The first-order valence-electron chi connectivity index (χ1n) is 9.81. The van der Waals surface area contributed by atoms with Crippen LogP contribution in [0.5, 0.6) is 17.2 Å². The van der Waals surface area contributed by atoms with Crippen molar-refractivity contribution in [1.29, 1.82) is 0 Å². The summed E-state index contributed by atoms with van der Waals surface area (Å²) in [4.78, 5) is 27.6. The number of furan rings is 1. The van der Waals surface area contributed by atoms with Gasteiger partial charge in [-0.2, -0.15) is 0 Å². The van der Waals surface area contributed by atoms with E-state index < -0.39 is 23.5 Å². The molecule has 1 N–H and O–H groups in total. The molecule has 3 aromatic rings. The molecule has 1 saturated heterocycles. The standard InChI is InChI=1S/C24H20ClNO7/c1-30-14-7-9-17(31-2)15(12-14)22(27)20-21(19-5-4-10-33-19)26(24(29)23(20)28)13-6-8-18(32-3)16(25)11-13/h4-12,21,27H,1-3H3/b22-20-. The topological polar surface area (TPSA) is 98.4 Å². The number of carbonyl (C=O) groups is 2. The highest BCUT2D eigenvalue weighted by molar-refractivity contribution is 6.51. The lowest BCUT2D eigenvalue weighted by Gasteiger charge is -2.24. The normalized spacial score (nSPS) is 17.3. The average Bonchev–Trinajstić information content (AvgIpc) is 3.45. The Kier molecular flexibility index (Phi) is 6.02. The molecule has 0 bridgehead atoms. The van der Waals surface area contributed by atoms with Gasteiger partial charge in [-0.05, 0) is 48.5 Å². The Balaban J connectivity index is 1.94. The highest BCUT2D eigenvalue weighted by Gasteiger charge is 2.48. The zero-order valence-electron chi connectivity index (χ0n) is 18.0. The Labute approximate surface area is 194 Å². The minimum absolute atomic E-state index is 0.159. The second-order valence-corrected chi connectivity index (χ2v) is 7.48. The number of aliphatic hydroxyl groups excluding tert-OH is 1. The fraction of sp³-hybridized carbons (Fsp3) is 0.167. The number of benzene rings is 2. The van der Waals surface area contributed by atoms with E-state index in [4.69, 9.17) is 30.2 Å². The first kappa shape index (κ1) is 22.3. The van der Waals surface area contributed by atoms with Gasteiger partial charge in [-0.25, -0.2) is 0 Å². The molecule has 1 unspecified atom stereocenters. The van der Waals surface area contributed by atoms with Crippen molar-refractivity contribution in [2.24, 2.45) is 0 Å². The number of ketones is 1. The summed E-state index contributed by atoms with van der Waals surface area (Å²) in [5.74, 6) is -0.732. The van der Waals surface area contributed by atoms with Gasteiger partial charge >= 0.3 is 0 Å². The van der Waals surface area contributed by atoms with E-state index in [1.54, 1.807) is 36.4 Å². The SMILES string of the molecule is COc1ccc(OC)c(/C(O)=C2/C(=O)C(=O)N(c3ccc(OC)c(Cl)c3)C2c2ccco2)c1. The van der Waals surface area contributed by atoms with Gasteiger partial charge in [0.25, 0.3) is 11.7 Å². The summed E-state index contributed by atoms with van der Waals surface area (Å²) >= 11 is 6.27. The van der Waals surface area contributed by atoms with Gasteiger partial charge in [-0.15, -0.1) is 0 Å². The highest BCUT2D eigenvalue weighted by atomic mass is 35.5. The molecule has 1 aromatic heterocycles. The molecule has 2 aromatic carbocycles. The zero-order valence-corrected chi connectivity index (χ0v) is 18.8. The first-order chi connectivity index (χ1) is 15.9. The molecule has 1 aliphatic rings. The summed E-state index contributed by atoms with van der Waals surface area (Å²) in [5, 5.41) is 11.5. The zero-order chi connectivity index (χ0) is 23.7. The molecule has 170 valence electrons. The molecule has 0 saturated carbocycles. The van der Waals surface area contributed by atoms with Gasteiger partial charge in [0.15, 0.2) is 0 Å². The third-order valence-electron chi connectivity index (χ3n) is 5.33. The van der Waals surface area contributed by atoms with Crippen molar-refractivity contribution in [1.82, 2.24) is 0 Å². The number of ether oxygens (including phenoxy) is 3. The number of anilines is 1. The van der Waals surface area contributed by atoms with Crippen LogP contribution in [0, 0.1) is 0 Å². The van der Waals surface area contributed by atoms with Gasteiger partial charge in [0, 0.05) is 5.69 Å². The molecule has 0 aliphatic carbocycles. The lowest BCUT2D eigenvalue weighted by Crippen LogP contribution is -2.29. The molecule has 0 radical (unpaired) electrons. The summed E-state index contributed by atoms with van der Waals surface area (Å²) in [5.41, 5.74) is 0.369. The molecule has 1 amide bonds. The summed E-state index contributed by atoms with van der Waals surface area (Å²) in [7, 11) is 4.37. The van der Waals surface area contributed by atoms with Crippen LogP contribution < -0.4 is 19.1 Å². The third-order valence-corrected chi connectivity index (χ3v) is 5.63. The van der Waals surface area contributed by atoms with Gasteiger partial charge in [-0.3, -0.25) is 14.5 Å². The largest absolute Gasteiger partial charge is 0.507 e. The molecular formula is C24H20ClNO7. The summed E-state index contributed by atoms with van der Waals surface area (Å²) < 4.78 is 21.3. The predicted molar refractivity (Wildman–Crippen MR) is 121 cm³/mol. The van der Waals surface area contributed by atoms with Gasteiger partial charge in [0.05, 0.1) is 43.8 Å². The maximum absolute atomic E-state index is 13.2.